The second-order valence-electron chi connectivity index (χ2n) is 8.77. The van der Waals surface area contributed by atoms with Gasteiger partial charge in [0.25, 0.3) is 0 Å². The highest BCUT2D eigenvalue weighted by Gasteiger charge is 2.19. The Morgan fingerprint density at radius 2 is 0.750 bits per heavy atom. The Labute approximate surface area is 208 Å². The maximum absolute atomic E-state index is 5.11. The lowest BCUT2D eigenvalue weighted by Crippen LogP contribution is -1.99. The van der Waals surface area contributed by atoms with Crippen molar-refractivity contribution in [2.24, 2.45) is 0 Å². The molecule has 0 saturated heterocycles. The first-order valence-electron chi connectivity index (χ1n) is 12.0. The van der Waals surface area contributed by atoms with Gasteiger partial charge in [0.15, 0.2) is 0 Å². The SMILES string of the molecule is c1ccc(-c2nc3cc4nc(-c5ccccc5)n(-c5ccccc5)c4cc3n2-c2ccccc2)cc1. The van der Waals surface area contributed by atoms with Crippen molar-refractivity contribution in [2.75, 3.05) is 0 Å². The van der Waals surface area contributed by atoms with Crippen LogP contribution in [0.5, 0.6) is 0 Å². The Kier molecular flexibility index (Phi) is 4.74. The van der Waals surface area contributed by atoms with Gasteiger partial charge >= 0.3 is 0 Å². The lowest BCUT2D eigenvalue weighted by Gasteiger charge is -2.11. The number of imidazole rings is 2. The first kappa shape index (κ1) is 20.4. The Bertz CT molecular complexity index is 1670. The standard InChI is InChI=1S/C32H22N4/c1-5-13-23(14-6-1)31-33-27-21-28-30(22-29(27)35(31)25-17-9-3-10-18-25)36(26-19-11-4-12-20-26)32(34-28)24-15-7-2-8-16-24/h1-22H. The molecule has 4 nitrogen and oxygen atoms in total. The molecule has 0 aliphatic heterocycles. The normalized spacial score (nSPS) is 11.3. The summed E-state index contributed by atoms with van der Waals surface area (Å²) in [7, 11) is 0. The van der Waals surface area contributed by atoms with E-state index in [0.29, 0.717) is 0 Å². The fourth-order valence-electron chi connectivity index (χ4n) is 4.89. The van der Waals surface area contributed by atoms with E-state index >= 15 is 0 Å². The average molecular weight is 463 g/mol. The summed E-state index contributed by atoms with van der Waals surface area (Å²) in [6.45, 7) is 0. The Hall–Kier alpha value is -4.96. The molecule has 0 amide bonds. The van der Waals surface area contributed by atoms with E-state index in [4.69, 9.17) is 9.97 Å². The van der Waals surface area contributed by atoms with E-state index in [-0.39, 0.29) is 0 Å². The number of rotatable bonds is 4. The van der Waals surface area contributed by atoms with Crippen molar-refractivity contribution in [1.82, 2.24) is 19.1 Å². The molecule has 5 aromatic carbocycles. The van der Waals surface area contributed by atoms with Gasteiger partial charge in [0.05, 0.1) is 22.1 Å². The second-order valence-corrected chi connectivity index (χ2v) is 8.77. The smallest absolute Gasteiger partial charge is 0.145 e. The Morgan fingerprint density at radius 3 is 1.14 bits per heavy atom. The molecule has 4 heteroatoms. The molecule has 0 bridgehead atoms. The average Bonchev–Trinajstić information content (AvgIpc) is 3.52. The highest BCUT2D eigenvalue weighted by atomic mass is 15.1. The number of hydrogen-bond acceptors (Lipinski definition) is 2. The fraction of sp³-hybridized carbons (Fsp3) is 0. The minimum atomic E-state index is 0.916. The third kappa shape index (κ3) is 3.31. The van der Waals surface area contributed by atoms with Crippen molar-refractivity contribution in [3.8, 4) is 34.2 Å². The molecule has 0 saturated carbocycles. The topological polar surface area (TPSA) is 35.6 Å². The number of para-hydroxylation sites is 2. The molecule has 0 fully saturated rings. The van der Waals surface area contributed by atoms with Crippen LogP contribution >= 0.6 is 0 Å². The zero-order valence-electron chi connectivity index (χ0n) is 19.5. The van der Waals surface area contributed by atoms with Crippen LogP contribution in [0.2, 0.25) is 0 Å². The molecule has 0 N–H and O–H groups in total. The van der Waals surface area contributed by atoms with Gasteiger partial charge in [-0.15, -0.1) is 0 Å². The number of fused-ring (bicyclic) bond motifs is 2. The maximum atomic E-state index is 5.11. The summed E-state index contributed by atoms with van der Waals surface area (Å²) in [4.78, 5) is 10.2. The third-order valence-electron chi connectivity index (χ3n) is 6.52. The maximum Gasteiger partial charge on any atom is 0.145 e. The van der Waals surface area contributed by atoms with E-state index in [1.165, 1.54) is 0 Å². The summed E-state index contributed by atoms with van der Waals surface area (Å²) in [5.74, 6) is 1.83. The van der Waals surface area contributed by atoms with E-state index in [0.717, 1.165) is 56.2 Å². The van der Waals surface area contributed by atoms with Crippen LogP contribution in [0.1, 0.15) is 0 Å². The van der Waals surface area contributed by atoms with Gasteiger partial charge in [0, 0.05) is 22.5 Å². The molecule has 0 aliphatic rings. The van der Waals surface area contributed by atoms with E-state index in [2.05, 4.69) is 118 Å². The second kappa shape index (κ2) is 8.36. The molecule has 0 radical (unpaired) electrons. The minimum Gasteiger partial charge on any atom is -0.292 e. The molecular formula is C32H22N4. The van der Waals surface area contributed by atoms with Crippen LogP contribution in [0.25, 0.3) is 56.2 Å². The zero-order valence-corrected chi connectivity index (χ0v) is 19.5. The Balaban J connectivity index is 1.58. The fourth-order valence-corrected chi connectivity index (χ4v) is 4.89. The van der Waals surface area contributed by atoms with Gasteiger partial charge in [-0.3, -0.25) is 9.13 Å². The van der Waals surface area contributed by atoms with E-state index < -0.39 is 0 Å². The van der Waals surface area contributed by atoms with Crippen molar-refractivity contribution in [1.29, 1.82) is 0 Å². The monoisotopic (exact) mass is 462 g/mol. The number of aromatic nitrogens is 4. The van der Waals surface area contributed by atoms with Crippen molar-refractivity contribution < 1.29 is 0 Å². The minimum absolute atomic E-state index is 0.916. The van der Waals surface area contributed by atoms with Crippen molar-refractivity contribution in [2.45, 2.75) is 0 Å². The quantitative estimate of drug-likeness (QED) is 0.269. The van der Waals surface area contributed by atoms with Gasteiger partial charge in [0.2, 0.25) is 0 Å². The largest absolute Gasteiger partial charge is 0.292 e. The van der Waals surface area contributed by atoms with Crippen LogP contribution < -0.4 is 0 Å². The first-order chi connectivity index (χ1) is 17.9. The van der Waals surface area contributed by atoms with Crippen molar-refractivity contribution in [3.63, 3.8) is 0 Å². The first-order valence-corrected chi connectivity index (χ1v) is 12.0. The van der Waals surface area contributed by atoms with Gasteiger partial charge in [-0.2, -0.15) is 0 Å². The van der Waals surface area contributed by atoms with Gasteiger partial charge < -0.3 is 0 Å². The molecule has 0 atom stereocenters. The lowest BCUT2D eigenvalue weighted by molar-refractivity contribution is 1.09. The third-order valence-corrected chi connectivity index (χ3v) is 6.52. The highest BCUT2D eigenvalue weighted by Crippen LogP contribution is 2.34. The predicted molar refractivity (Wildman–Crippen MR) is 147 cm³/mol. The van der Waals surface area contributed by atoms with Gasteiger partial charge in [-0.05, 0) is 36.4 Å². The highest BCUT2D eigenvalue weighted by molar-refractivity contribution is 5.97. The van der Waals surface area contributed by atoms with E-state index in [1.54, 1.807) is 0 Å². The summed E-state index contributed by atoms with van der Waals surface area (Å²) < 4.78 is 4.49. The molecule has 36 heavy (non-hydrogen) atoms. The summed E-state index contributed by atoms with van der Waals surface area (Å²) in [6.07, 6.45) is 0. The summed E-state index contributed by atoms with van der Waals surface area (Å²) in [6, 6.07) is 45.9. The summed E-state index contributed by atoms with van der Waals surface area (Å²) >= 11 is 0. The Morgan fingerprint density at radius 1 is 0.389 bits per heavy atom. The van der Waals surface area contributed by atoms with E-state index in [1.807, 2.05) is 24.3 Å². The molecule has 7 rings (SSSR count). The van der Waals surface area contributed by atoms with Crippen molar-refractivity contribution >= 4 is 22.1 Å². The molecule has 170 valence electrons. The lowest BCUT2D eigenvalue weighted by atomic mass is 10.2. The van der Waals surface area contributed by atoms with Crippen LogP contribution in [0.4, 0.5) is 0 Å². The molecular weight excluding hydrogens is 440 g/mol. The van der Waals surface area contributed by atoms with Crippen LogP contribution in [-0.4, -0.2) is 19.1 Å². The summed E-state index contributed by atoms with van der Waals surface area (Å²) in [5.41, 5.74) is 8.23. The van der Waals surface area contributed by atoms with Crippen LogP contribution in [-0.2, 0) is 0 Å². The zero-order chi connectivity index (χ0) is 23.9. The number of hydrogen-bond donors (Lipinski definition) is 0. The summed E-state index contributed by atoms with van der Waals surface area (Å²) in [5, 5.41) is 0. The molecule has 2 heterocycles. The van der Waals surface area contributed by atoms with Crippen LogP contribution in [0.15, 0.2) is 133 Å². The van der Waals surface area contributed by atoms with Crippen molar-refractivity contribution in [3.05, 3.63) is 133 Å². The predicted octanol–water partition coefficient (Wildman–Crippen LogP) is 7.70. The van der Waals surface area contributed by atoms with Gasteiger partial charge in [-0.1, -0.05) is 97.1 Å². The molecule has 7 aromatic rings. The molecule has 0 aliphatic carbocycles. The number of nitrogens with zero attached hydrogens (tertiary/aromatic N) is 4. The molecule has 0 unspecified atom stereocenters. The number of benzene rings is 5. The van der Waals surface area contributed by atoms with E-state index in [9.17, 15) is 0 Å². The van der Waals surface area contributed by atoms with Gasteiger partial charge in [-0.25, -0.2) is 9.97 Å². The van der Waals surface area contributed by atoms with Gasteiger partial charge in [0.1, 0.15) is 11.6 Å². The molecule has 2 aromatic heterocycles. The molecule has 0 spiro atoms. The van der Waals surface area contributed by atoms with Crippen LogP contribution in [0.3, 0.4) is 0 Å². The van der Waals surface area contributed by atoms with Crippen LogP contribution in [0, 0.1) is 0 Å².